The highest BCUT2D eigenvalue weighted by molar-refractivity contribution is 6.74. The summed E-state index contributed by atoms with van der Waals surface area (Å²) in [7, 11) is -1.68. The van der Waals surface area contributed by atoms with Crippen LogP contribution >= 0.6 is 0 Å². The summed E-state index contributed by atoms with van der Waals surface area (Å²) in [6.07, 6.45) is 3.33. The summed E-state index contributed by atoms with van der Waals surface area (Å²) in [4.78, 5) is 0. The molecule has 0 aliphatic heterocycles. The Bertz CT molecular complexity index is 245. The summed E-state index contributed by atoms with van der Waals surface area (Å²) in [5, 5.41) is 8.62. The van der Waals surface area contributed by atoms with Crippen molar-refractivity contribution in [2.75, 3.05) is 0 Å². The Labute approximate surface area is 88.7 Å². The van der Waals surface area contributed by atoms with Crippen molar-refractivity contribution in [3.63, 3.8) is 0 Å². The van der Waals surface area contributed by atoms with Gasteiger partial charge >= 0.3 is 0 Å². The smallest absolute Gasteiger partial charge is 0.192 e. The molecular weight excluding hydrogens is 190 g/mol. The van der Waals surface area contributed by atoms with E-state index >= 15 is 0 Å². The molecule has 1 unspecified atom stereocenters. The fourth-order valence-corrected chi connectivity index (χ4v) is 2.22. The molecule has 0 heterocycles. The van der Waals surface area contributed by atoms with Crippen molar-refractivity contribution in [3.05, 3.63) is 12.2 Å². The Hall–Kier alpha value is -0.593. The molecule has 0 saturated carbocycles. The Morgan fingerprint density at radius 2 is 1.86 bits per heavy atom. The Kier molecular flexibility index (Phi) is 4.56. The molecule has 3 heteroatoms. The summed E-state index contributed by atoms with van der Waals surface area (Å²) in [6.45, 7) is 13.0. The summed E-state index contributed by atoms with van der Waals surface area (Å²) in [5.74, 6) is 0. The molecule has 0 aromatic rings. The molecule has 0 saturated heterocycles. The van der Waals surface area contributed by atoms with Gasteiger partial charge in [-0.05, 0) is 31.1 Å². The Morgan fingerprint density at radius 1 is 1.36 bits per heavy atom. The summed E-state index contributed by atoms with van der Waals surface area (Å²) >= 11 is 0. The lowest BCUT2D eigenvalue weighted by Gasteiger charge is -2.37. The van der Waals surface area contributed by atoms with E-state index < -0.39 is 8.32 Å². The molecule has 2 nitrogen and oxygen atoms in total. The third-order valence-corrected chi connectivity index (χ3v) is 7.30. The monoisotopic (exact) mass is 211 g/mol. The largest absolute Gasteiger partial charge is 0.411 e. The van der Waals surface area contributed by atoms with Crippen LogP contribution in [0.2, 0.25) is 18.1 Å². The molecule has 1 atom stereocenters. The van der Waals surface area contributed by atoms with Gasteiger partial charge in [-0.2, -0.15) is 5.26 Å². The van der Waals surface area contributed by atoms with Gasteiger partial charge in [0.25, 0.3) is 0 Å². The Balaban J connectivity index is 4.38. The number of hydrogen-bond acceptors (Lipinski definition) is 2. The molecular formula is C11H21NOSi. The van der Waals surface area contributed by atoms with Crippen LogP contribution in [-0.2, 0) is 4.43 Å². The van der Waals surface area contributed by atoms with E-state index in [1.165, 1.54) is 6.08 Å². The number of rotatable bonds is 3. The van der Waals surface area contributed by atoms with Gasteiger partial charge in [-0.25, -0.2) is 0 Å². The van der Waals surface area contributed by atoms with Gasteiger partial charge in [0.1, 0.15) is 0 Å². The van der Waals surface area contributed by atoms with E-state index in [9.17, 15) is 0 Å². The van der Waals surface area contributed by atoms with Crippen LogP contribution in [0.4, 0.5) is 0 Å². The lowest BCUT2D eigenvalue weighted by molar-refractivity contribution is 0.243. The number of allylic oxidation sites excluding steroid dienone is 1. The van der Waals surface area contributed by atoms with Crippen LogP contribution in [0.5, 0.6) is 0 Å². The minimum absolute atomic E-state index is 0.0375. The lowest BCUT2D eigenvalue weighted by atomic mass is 10.2. The predicted octanol–water partition coefficient (Wildman–Crippen LogP) is 3.48. The van der Waals surface area contributed by atoms with Gasteiger partial charge in [0.15, 0.2) is 8.32 Å². The molecule has 0 amide bonds. The van der Waals surface area contributed by atoms with Crippen molar-refractivity contribution in [2.24, 2.45) is 0 Å². The van der Waals surface area contributed by atoms with E-state index in [-0.39, 0.29) is 11.1 Å². The molecule has 0 bridgehead atoms. The highest BCUT2D eigenvalue weighted by Gasteiger charge is 2.37. The molecule has 0 aliphatic rings. The summed E-state index contributed by atoms with van der Waals surface area (Å²) < 4.78 is 6.01. The van der Waals surface area contributed by atoms with Gasteiger partial charge in [0.05, 0.1) is 12.2 Å². The zero-order valence-electron chi connectivity index (χ0n) is 10.1. The molecule has 0 rings (SSSR count). The molecule has 0 aliphatic carbocycles. The maximum absolute atomic E-state index is 8.39. The average molecular weight is 211 g/mol. The molecule has 0 aromatic carbocycles. The second-order valence-corrected chi connectivity index (χ2v) is 9.83. The number of nitrogens with zero attached hydrogens (tertiary/aromatic N) is 1. The van der Waals surface area contributed by atoms with Gasteiger partial charge in [-0.15, -0.1) is 0 Å². The fourth-order valence-electron chi connectivity index (χ4n) is 0.859. The topological polar surface area (TPSA) is 33.0 Å². The maximum Gasteiger partial charge on any atom is 0.192 e. The Morgan fingerprint density at radius 3 is 2.21 bits per heavy atom. The van der Waals surface area contributed by atoms with Gasteiger partial charge in [-0.1, -0.05) is 20.8 Å². The van der Waals surface area contributed by atoms with Crippen LogP contribution in [0.25, 0.3) is 0 Å². The third-order valence-electron chi connectivity index (χ3n) is 2.73. The number of hydrogen-bond donors (Lipinski definition) is 0. The van der Waals surface area contributed by atoms with Crippen LogP contribution in [-0.4, -0.2) is 14.4 Å². The first-order valence-electron chi connectivity index (χ1n) is 4.95. The zero-order valence-corrected chi connectivity index (χ0v) is 11.1. The molecule has 0 radical (unpaired) electrons. The van der Waals surface area contributed by atoms with E-state index in [2.05, 4.69) is 33.9 Å². The van der Waals surface area contributed by atoms with E-state index in [1.807, 2.05) is 13.0 Å². The normalized spacial score (nSPS) is 15.5. The van der Waals surface area contributed by atoms with Crippen LogP contribution in [0.15, 0.2) is 12.2 Å². The quantitative estimate of drug-likeness (QED) is 0.529. The second-order valence-electron chi connectivity index (χ2n) is 5.07. The first-order valence-corrected chi connectivity index (χ1v) is 7.85. The first kappa shape index (κ1) is 13.4. The average Bonchev–Trinajstić information content (AvgIpc) is 1.97. The first-order chi connectivity index (χ1) is 6.20. The van der Waals surface area contributed by atoms with Gasteiger partial charge in [0.2, 0.25) is 0 Å². The summed E-state index contributed by atoms with van der Waals surface area (Å²) in [5.41, 5.74) is 0. The van der Waals surface area contributed by atoms with Crippen molar-refractivity contribution in [1.82, 2.24) is 0 Å². The second kappa shape index (κ2) is 4.76. The molecule has 0 fully saturated rings. The van der Waals surface area contributed by atoms with E-state index in [4.69, 9.17) is 9.69 Å². The van der Waals surface area contributed by atoms with E-state index in [0.717, 1.165) is 0 Å². The van der Waals surface area contributed by atoms with Gasteiger partial charge < -0.3 is 4.43 Å². The van der Waals surface area contributed by atoms with Crippen LogP contribution in [0.1, 0.15) is 27.7 Å². The minimum Gasteiger partial charge on any atom is -0.411 e. The maximum atomic E-state index is 8.39. The van der Waals surface area contributed by atoms with E-state index in [1.54, 1.807) is 6.08 Å². The van der Waals surface area contributed by atoms with Gasteiger partial charge in [0, 0.05) is 6.08 Å². The van der Waals surface area contributed by atoms with Crippen molar-refractivity contribution >= 4 is 8.32 Å². The number of nitriles is 1. The lowest BCUT2D eigenvalue weighted by Crippen LogP contribution is -2.42. The van der Waals surface area contributed by atoms with Crippen LogP contribution < -0.4 is 0 Å². The van der Waals surface area contributed by atoms with Crippen LogP contribution in [0.3, 0.4) is 0 Å². The highest BCUT2D eigenvalue weighted by Crippen LogP contribution is 2.37. The van der Waals surface area contributed by atoms with E-state index in [0.29, 0.717) is 0 Å². The van der Waals surface area contributed by atoms with Crippen LogP contribution in [0, 0.1) is 11.3 Å². The van der Waals surface area contributed by atoms with Crippen molar-refractivity contribution in [3.8, 4) is 6.07 Å². The minimum atomic E-state index is -1.68. The molecule has 80 valence electrons. The SMILES string of the molecule is CC(/C=C\C#N)O[Si](C)(C)C(C)(C)C. The van der Waals surface area contributed by atoms with Crippen molar-refractivity contribution < 1.29 is 4.43 Å². The predicted molar refractivity (Wildman–Crippen MR) is 62.5 cm³/mol. The molecule has 0 aromatic heterocycles. The third kappa shape index (κ3) is 4.08. The standard InChI is InChI=1S/C11H21NOSi/c1-10(8-7-9-12)13-14(5,6)11(2,3)4/h7-8,10H,1-6H3/b8-7-. The van der Waals surface area contributed by atoms with Gasteiger partial charge in [-0.3, -0.25) is 0 Å². The highest BCUT2D eigenvalue weighted by atomic mass is 28.4. The molecule has 0 spiro atoms. The van der Waals surface area contributed by atoms with Crippen molar-refractivity contribution in [2.45, 2.75) is 51.9 Å². The summed E-state index contributed by atoms with van der Waals surface area (Å²) in [6, 6.07) is 1.98. The molecule has 0 N–H and O–H groups in total. The molecule has 14 heavy (non-hydrogen) atoms. The van der Waals surface area contributed by atoms with Crippen molar-refractivity contribution in [1.29, 1.82) is 5.26 Å². The fraction of sp³-hybridized carbons (Fsp3) is 0.727. The zero-order chi connectivity index (χ0) is 11.4.